The zero-order valence-corrected chi connectivity index (χ0v) is 20.4. The van der Waals surface area contributed by atoms with Crippen LogP contribution in [0, 0.1) is 17.5 Å². The lowest BCUT2D eigenvalue weighted by atomic mass is 9.97. The van der Waals surface area contributed by atoms with Gasteiger partial charge in [-0.15, -0.1) is 6.58 Å². The highest BCUT2D eigenvalue weighted by Gasteiger charge is 2.16. The molecule has 0 fully saturated rings. The molecule has 0 aliphatic heterocycles. The third kappa shape index (κ3) is 6.22. The van der Waals surface area contributed by atoms with E-state index in [1.807, 2.05) is 0 Å². The Hall–Kier alpha value is -4.03. The van der Waals surface area contributed by atoms with Gasteiger partial charge in [0.1, 0.15) is 12.4 Å². The lowest BCUT2D eigenvalue weighted by Gasteiger charge is -2.12. The summed E-state index contributed by atoms with van der Waals surface area (Å²) in [4.78, 5) is 0. The zero-order chi connectivity index (χ0) is 26.4. The molecule has 190 valence electrons. The fourth-order valence-corrected chi connectivity index (χ4v) is 3.82. The van der Waals surface area contributed by atoms with Crippen LogP contribution in [0.15, 0.2) is 91.5 Å². The molecule has 6 heteroatoms. The number of aliphatic hydroxyl groups excluding tert-OH is 1. The van der Waals surface area contributed by atoms with Gasteiger partial charge < -0.3 is 14.6 Å². The standard InChI is InChI=1S/C31H27F3O3/c1-3-4-17-36-29-16-13-25(18-28(29)32)37-19-21-5-7-23(8-6-21)26-14-15-27(31(34)30(26)33)24-11-9-22(10-12-24)20(2)35/h3,5-16,18,20,35H,1,4,17,19H2,2H3. The van der Waals surface area contributed by atoms with Gasteiger partial charge in [0.05, 0.1) is 12.7 Å². The van der Waals surface area contributed by atoms with Crippen LogP contribution in [0.2, 0.25) is 0 Å². The molecule has 0 aliphatic rings. The van der Waals surface area contributed by atoms with E-state index >= 15 is 0 Å². The van der Waals surface area contributed by atoms with Gasteiger partial charge in [0.2, 0.25) is 0 Å². The molecule has 3 nitrogen and oxygen atoms in total. The summed E-state index contributed by atoms with van der Waals surface area (Å²) in [6, 6.07) is 21.0. The molecule has 0 saturated carbocycles. The normalized spacial score (nSPS) is 11.7. The predicted octanol–water partition coefficient (Wildman–Crippen LogP) is 8.03. The van der Waals surface area contributed by atoms with Crippen molar-refractivity contribution in [1.29, 1.82) is 0 Å². The van der Waals surface area contributed by atoms with Gasteiger partial charge in [-0.1, -0.05) is 66.7 Å². The Morgan fingerprint density at radius 2 is 1.41 bits per heavy atom. The smallest absolute Gasteiger partial charge is 0.168 e. The largest absolute Gasteiger partial charge is 0.490 e. The first-order chi connectivity index (χ1) is 17.9. The Morgan fingerprint density at radius 3 is 1.95 bits per heavy atom. The number of ether oxygens (including phenoxy) is 2. The van der Waals surface area contributed by atoms with Gasteiger partial charge in [0.25, 0.3) is 0 Å². The Bertz CT molecular complexity index is 1360. The predicted molar refractivity (Wildman–Crippen MR) is 139 cm³/mol. The van der Waals surface area contributed by atoms with Crippen molar-refractivity contribution in [1.82, 2.24) is 0 Å². The van der Waals surface area contributed by atoms with E-state index in [1.54, 1.807) is 79.7 Å². The van der Waals surface area contributed by atoms with Crippen LogP contribution in [0.5, 0.6) is 11.5 Å². The average Bonchev–Trinajstić information content (AvgIpc) is 2.91. The second-order valence-corrected chi connectivity index (χ2v) is 8.59. The quantitative estimate of drug-likeness (QED) is 0.176. The molecular weight excluding hydrogens is 477 g/mol. The molecule has 0 spiro atoms. The topological polar surface area (TPSA) is 38.7 Å². The molecule has 0 saturated heterocycles. The first-order valence-corrected chi connectivity index (χ1v) is 11.9. The maximum absolute atomic E-state index is 15.0. The summed E-state index contributed by atoms with van der Waals surface area (Å²) in [7, 11) is 0. The maximum atomic E-state index is 15.0. The zero-order valence-electron chi connectivity index (χ0n) is 20.4. The van der Waals surface area contributed by atoms with Crippen LogP contribution >= 0.6 is 0 Å². The third-order valence-electron chi connectivity index (χ3n) is 5.94. The van der Waals surface area contributed by atoms with E-state index in [9.17, 15) is 18.3 Å². The number of benzene rings is 4. The van der Waals surface area contributed by atoms with Crippen molar-refractivity contribution in [3.8, 4) is 33.8 Å². The van der Waals surface area contributed by atoms with Crippen molar-refractivity contribution in [2.45, 2.75) is 26.1 Å². The molecule has 37 heavy (non-hydrogen) atoms. The molecule has 0 radical (unpaired) electrons. The first kappa shape index (κ1) is 26.0. The van der Waals surface area contributed by atoms with Gasteiger partial charge in [0.15, 0.2) is 23.2 Å². The minimum absolute atomic E-state index is 0.142. The number of hydrogen-bond acceptors (Lipinski definition) is 3. The summed E-state index contributed by atoms with van der Waals surface area (Å²) in [5.41, 5.74) is 2.80. The van der Waals surface area contributed by atoms with Gasteiger partial charge >= 0.3 is 0 Å². The molecule has 0 aromatic heterocycles. The monoisotopic (exact) mass is 504 g/mol. The van der Waals surface area contributed by atoms with E-state index in [4.69, 9.17) is 9.47 Å². The second kappa shape index (κ2) is 11.8. The Balaban J connectivity index is 1.43. The highest BCUT2D eigenvalue weighted by Crippen LogP contribution is 2.32. The van der Waals surface area contributed by atoms with E-state index in [1.165, 1.54) is 12.1 Å². The minimum Gasteiger partial charge on any atom is -0.490 e. The van der Waals surface area contributed by atoms with E-state index in [0.717, 1.165) is 5.56 Å². The van der Waals surface area contributed by atoms with Crippen molar-refractivity contribution in [2.75, 3.05) is 6.61 Å². The molecule has 0 amide bonds. The highest BCUT2D eigenvalue weighted by molar-refractivity contribution is 5.72. The number of halogens is 3. The Labute approximate surface area is 214 Å². The van der Waals surface area contributed by atoms with Crippen LogP contribution in [-0.2, 0) is 6.61 Å². The average molecular weight is 505 g/mol. The van der Waals surface area contributed by atoms with Gasteiger partial charge in [-0.25, -0.2) is 13.2 Å². The Morgan fingerprint density at radius 1 is 0.811 bits per heavy atom. The summed E-state index contributed by atoms with van der Waals surface area (Å²) in [5, 5.41) is 9.65. The van der Waals surface area contributed by atoms with Crippen LogP contribution in [0.1, 0.15) is 30.6 Å². The molecule has 1 unspecified atom stereocenters. The molecule has 4 aromatic rings. The molecule has 1 atom stereocenters. The van der Waals surface area contributed by atoms with Crippen LogP contribution in [0.25, 0.3) is 22.3 Å². The van der Waals surface area contributed by atoms with Crippen molar-refractivity contribution >= 4 is 0 Å². The van der Waals surface area contributed by atoms with Crippen LogP contribution in [0.4, 0.5) is 13.2 Å². The number of hydrogen-bond donors (Lipinski definition) is 1. The van der Waals surface area contributed by atoms with E-state index < -0.39 is 23.6 Å². The van der Waals surface area contributed by atoms with Crippen LogP contribution in [0.3, 0.4) is 0 Å². The summed E-state index contributed by atoms with van der Waals surface area (Å²) < 4.78 is 55.1. The first-order valence-electron chi connectivity index (χ1n) is 11.9. The van der Waals surface area contributed by atoms with Gasteiger partial charge in [-0.3, -0.25) is 0 Å². The highest BCUT2D eigenvalue weighted by atomic mass is 19.2. The van der Waals surface area contributed by atoms with Crippen molar-refractivity contribution < 1.29 is 27.8 Å². The summed E-state index contributed by atoms with van der Waals surface area (Å²) in [5.74, 6) is -1.89. The van der Waals surface area contributed by atoms with E-state index in [2.05, 4.69) is 6.58 Å². The van der Waals surface area contributed by atoms with Crippen molar-refractivity contribution in [2.24, 2.45) is 0 Å². The van der Waals surface area contributed by atoms with E-state index in [-0.39, 0.29) is 23.5 Å². The van der Waals surface area contributed by atoms with E-state index in [0.29, 0.717) is 35.5 Å². The minimum atomic E-state index is -0.938. The van der Waals surface area contributed by atoms with Gasteiger partial charge in [-0.2, -0.15) is 0 Å². The summed E-state index contributed by atoms with van der Waals surface area (Å²) >= 11 is 0. The number of rotatable bonds is 10. The summed E-state index contributed by atoms with van der Waals surface area (Å²) in [6.07, 6.45) is 1.67. The number of aliphatic hydroxyl groups is 1. The fourth-order valence-electron chi connectivity index (χ4n) is 3.82. The SMILES string of the molecule is C=CCCOc1ccc(OCc2ccc(-c3ccc(-c4ccc(C(C)O)cc4)c(F)c3F)cc2)cc1F. The third-order valence-corrected chi connectivity index (χ3v) is 5.94. The van der Waals surface area contributed by atoms with Crippen LogP contribution in [-0.4, -0.2) is 11.7 Å². The molecular formula is C31H27F3O3. The molecule has 4 aromatic carbocycles. The van der Waals surface area contributed by atoms with Crippen molar-refractivity contribution in [3.63, 3.8) is 0 Å². The molecule has 0 bridgehead atoms. The lowest BCUT2D eigenvalue weighted by Crippen LogP contribution is -2.00. The summed E-state index contributed by atoms with van der Waals surface area (Å²) in [6.45, 7) is 5.76. The molecule has 1 N–H and O–H groups in total. The van der Waals surface area contributed by atoms with Crippen LogP contribution < -0.4 is 9.47 Å². The molecule has 0 heterocycles. The molecule has 4 rings (SSSR count). The molecule has 0 aliphatic carbocycles. The second-order valence-electron chi connectivity index (χ2n) is 8.59. The van der Waals surface area contributed by atoms with Gasteiger partial charge in [-0.05, 0) is 47.7 Å². The van der Waals surface area contributed by atoms with Gasteiger partial charge in [0, 0.05) is 17.2 Å². The van der Waals surface area contributed by atoms with Crippen molar-refractivity contribution in [3.05, 3.63) is 120 Å². The maximum Gasteiger partial charge on any atom is 0.168 e. The fraction of sp³-hybridized carbons (Fsp3) is 0.161. The lowest BCUT2D eigenvalue weighted by molar-refractivity contribution is 0.199. The Kier molecular flexibility index (Phi) is 8.31.